The average molecular weight is 386 g/mol. The van der Waals surface area contributed by atoms with Gasteiger partial charge in [-0.15, -0.1) is 0 Å². The SMILES string of the molecule is NC(O)c1ccc(-c2nc(-c3ccc4c(c3)OCO4)c(-c3ccccn3)[nH]2)cc1. The summed E-state index contributed by atoms with van der Waals surface area (Å²) in [6, 6.07) is 18.8. The van der Waals surface area contributed by atoms with Crippen molar-refractivity contribution in [1.82, 2.24) is 15.0 Å². The maximum absolute atomic E-state index is 9.53. The predicted octanol–water partition coefficient (Wildman–Crippen LogP) is 3.48. The number of ether oxygens (including phenoxy) is 2. The van der Waals surface area contributed by atoms with Crippen molar-refractivity contribution in [3.05, 3.63) is 72.4 Å². The first-order valence-electron chi connectivity index (χ1n) is 9.14. The fraction of sp³-hybridized carbons (Fsp3) is 0.0909. The molecule has 0 aliphatic carbocycles. The van der Waals surface area contributed by atoms with Crippen molar-refractivity contribution < 1.29 is 14.6 Å². The molecule has 0 spiro atoms. The Morgan fingerprint density at radius 2 is 1.76 bits per heavy atom. The van der Waals surface area contributed by atoms with Gasteiger partial charge in [0.2, 0.25) is 6.79 Å². The van der Waals surface area contributed by atoms with Gasteiger partial charge < -0.3 is 25.3 Å². The van der Waals surface area contributed by atoms with Gasteiger partial charge in [-0.05, 0) is 35.9 Å². The summed E-state index contributed by atoms with van der Waals surface area (Å²) in [5.41, 5.74) is 10.3. The van der Waals surface area contributed by atoms with Crippen LogP contribution >= 0.6 is 0 Å². The Morgan fingerprint density at radius 1 is 0.966 bits per heavy atom. The molecule has 0 saturated heterocycles. The van der Waals surface area contributed by atoms with Crippen LogP contribution in [0.2, 0.25) is 0 Å². The van der Waals surface area contributed by atoms with Gasteiger partial charge >= 0.3 is 0 Å². The Morgan fingerprint density at radius 3 is 2.52 bits per heavy atom. The number of imidazole rings is 1. The number of rotatable bonds is 4. The van der Waals surface area contributed by atoms with E-state index in [0.29, 0.717) is 17.1 Å². The number of fused-ring (bicyclic) bond motifs is 1. The Hall–Kier alpha value is -3.68. The Balaban J connectivity index is 1.63. The molecule has 7 heteroatoms. The second-order valence-electron chi connectivity index (χ2n) is 6.66. The molecule has 3 heterocycles. The van der Waals surface area contributed by atoms with Gasteiger partial charge in [0.25, 0.3) is 0 Å². The first-order chi connectivity index (χ1) is 14.2. The molecule has 4 aromatic rings. The molecule has 0 fully saturated rings. The molecule has 2 aromatic heterocycles. The Labute approximate surface area is 166 Å². The number of aliphatic hydroxyl groups excluding tert-OH is 1. The minimum Gasteiger partial charge on any atom is -0.454 e. The zero-order chi connectivity index (χ0) is 19.8. The van der Waals surface area contributed by atoms with E-state index in [-0.39, 0.29) is 6.79 Å². The summed E-state index contributed by atoms with van der Waals surface area (Å²) in [6.07, 6.45) is 0.741. The molecule has 0 amide bonds. The second-order valence-corrected chi connectivity index (χ2v) is 6.66. The molecule has 1 atom stereocenters. The standard InChI is InChI=1S/C22H18N4O3/c23-21(27)13-4-6-14(7-5-13)22-25-19(20(26-22)16-3-1-2-10-24-16)15-8-9-17-18(11-15)29-12-28-17/h1-11,21,27H,12,23H2,(H,25,26). The first kappa shape index (κ1) is 17.4. The molecule has 2 aromatic carbocycles. The van der Waals surface area contributed by atoms with Crippen LogP contribution in [-0.2, 0) is 0 Å². The summed E-state index contributed by atoms with van der Waals surface area (Å²) >= 11 is 0. The van der Waals surface area contributed by atoms with Crippen molar-refractivity contribution >= 4 is 0 Å². The first-order valence-corrected chi connectivity index (χ1v) is 9.14. The highest BCUT2D eigenvalue weighted by atomic mass is 16.7. The molecule has 144 valence electrons. The number of hydrogen-bond acceptors (Lipinski definition) is 6. The maximum atomic E-state index is 9.53. The molecule has 29 heavy (non-hydrogen) atoms. The van der Waals surface area contributed by atoms with Crippen LogP contribution in [0.1, 0.15) is 11.8 Å². The highest BCUT2D eigenvalue weighted by Crippen LogP contribution is 2.39. The van der Waals surface area contributed by atoms with E-state index in [4.69, 9.17) is 20.2 Å². The van der Waals surface area contributed by atoms with Gasteiger partial charge in [-0.25, -0.2) is 4.98 Å². The number of benzene rings is 2. The number of nitrogens with zero attached hydrogens (tertiary/aromatic N) is 2. The van der Waals surface area contributed by atoms with E-state index in [1.54, 1.807) is 18.3 Å². The van der Waals surface area contributed by atoms with E-state index in [2.05, 4.69) is 9.97 Å². The number of H-pyrrole nitrogens is 1. The molecule has 1 aliphatic rings. The van der Waals surface area contributed by atoms with Crippen LogP contribution in [0.15, 0.2) is 66.9 Å². The minimum absolute atomic E-state index is 0.219. The van der Waals surface area contributed by atoms with E-state index in [1.807, 2.05) is 48.5 Å². The lowest BCUT2D eigenvalue weighted by Crippen LogP contribution is -2.07. The quantitative estimate of drug-likeness (QED) is 0.464. The Bertz CT molecular complexity index is 1150. The molecule has 7 nitrogen and oxygen atoms in total. The summed E-state index contributed by atoms with van der Waals surface area (Å²) in [5, 5.41) is 9.53. The fourth-order valence-electron chi connectivity index (χ4n) is 3.30. The predicted molar refractivity (Wildman–Crippen MR) is 108 cm³/mol. The third-order valence-electron chi connectivity index (χ3n) is 4.80. The highest BCUT2D eigenvalue weighted by molar-refractivity contribution is 5.80. The van der Waals surface area contributed by atoms with Crippen LogP contribution in [0.4, 0.5) is 0 Å². The third-order valence-corrected chi connectivity index (χ3v) is 4.80. The van der Waals surface area contributed by atoms with E-state index >= 15 is 0 Å². The highest BCUT2D eigenvalue weighted by Gasteiger charge is 2.20. The van der Waals surface area contributed by atoms with Crippen LogP contribution in [0, 0.1) is 0 Å². The lowest BCUT2D eigenvalue weighted by atomic mass is 10.1. The number of hydrogen-bond donors (Lipinski definition) is 3. The third kappa shape index (κ3) is 3.22. The van der Waals surface area contributed by atoms with Gasteiger partial charge in [-0.2, -0.15) is 0 Å². The van der Waals surface area contributed by atoms with Crippen molar-refractivity contribution in [3.8, 4) is 45.5 Å². The molecule has 5 rings (SSSR count). The van der Waals surface area contributed by atoms with Gasteiger partial charge in [-0.3, -0.25) is 4.98 Å². The topological polar surface area (TPSA) is 106 Å². The summed E-state index contributed by atoms with van der Waals surface area (Å²) < 4.78 is 10.9. The van der Waals surface area contributed by atoms with Crippen LogP contribution in [-0.4, -0.2) is 26.9 Å². The number of aromatic amines is 1. The van der Waals surface area contributed by atoms with Crippen molar-refractivity contribution in [2.24, 2.45) is 5.73 Å². The van der Waals surface area contributed by atoms with Crippen molar-refractivity contribution in [2.45, 2.75) is 6.23 Å². The number of nitrogens with two attached hydrogens (primary N) is 1. The maximum Gasteiger partial charge on any atom is 0.231 e. The van der Waals surface area contributed by atoms with E-state index in [9.17, 15) is 5.11 Å². The van der Waals surface area contributed by atoms with Crippen LogP contribution in [0.5, 0.6) is 11.5 Å². The van der Waals surface area contributed by atoms with E-state index < -0.39 is 6.23 Å². The van der Waals surface area contributed by atoms with Crippen LogP contribution < -0.4 is 15.2 Å². The van der Waals surface area contributed by atoms with E-state index in [1.165, 1.54) is 0 Å². The lowest BCUT2D eigenvalue weighted by molar-refractivity contribution is 0.174. The molecule has 1 unspecified atom stereocenters. The molecular weight excluding hydrogens is 368 g/mol. The fourth-order valence-corrected chi connectivity index (χ4v) is 3.30. The monoisotopic (exact) mass is 386 g/mol. The van der Waals surface area contributed by atoms with Gasteiger partial charge in [0.15, 0.2) is 11.5 Å². The van der Waals surface area contributed by atoms with Gasteiger partial charge in [-0.1, -0.05) is 30.3 Å². The minimum atomic E-state index is -1.01. The molecule has 1 aliphatic heterocycles. The molecule has 4 N–H and O–H groups in total. The molecule has 0 bridgehead atoms. The lowest BCUT2D eigenvalue weighted by Gasteiger charge is -2.04. The summed E-state index contributed by atoms with van der Waals surface area (Å²) in [4.78, 5) is 12.7. The zero-order valence-electron chi connectivity index (χ0n) is 15.4. The van der Waals surface area contributed by atoms with Gasteiger partial charge in [0.05, 0.1) is 17.1 Å². The molecule has 0 saturated carbocycles. The molecule has 0 radical (unpaired) electrons. The van der Waals surface area contributed by atoms with Gasteiger partial charge in [0.1, 0.15) is 12.1 Å². The van der Waals surface area contributed by atoms with Gasteiger partial charge in [0, 0.05) is 17.3 Å². The second kappa shape index (κ2) is 7.05. The van der Waals surface area contributed by atoms with Crippen molar-refractivity contribution in [2.75, 3.05) is 6.79 Å². The normalized spacial score (nSPS) is 13.4. The average Bonchev–Trinajstić information content (AvgIpc) is 3.41. The summed E-state index contributed by atoms with van der Waals surface area (Å²) in [6.45, 7) is 0.219. The van der Waals surface area contributed by atoms with E-state index in [0.717, 1.165) is 34.0 Å². The summed E-state index contributed by atoms with van der Waals surface area (Å²) in [5.74, 6) is 2.11. The number of nitrogens with one attached hydrogen (secondary N) is 1. The van der Waals surface area contributed by atoms with Crippen molar-refractivity contribution in [3.63, 3.8) is 0 Å². The Kier molecular flexibility index (Phi) is 4.23. The van der Waals surface area contributed by atoms with Crippen LogP contribution in [0.25, 0.3) is 34.0 Å². The number of aromatic nitrogens is 3. The number of aliphatic hydroxyl groups is 1. The summed E-state index contributed by atoms with van der Waals surface area (Å²) in [7, 11) is 0. The largest absolute Gasteiger partial charge is 0.454 e. The smallest absolute Gasteiger partial charge is 0.231 e. The number of pyridine rings is 1. The zero-order valence-corrected chi connectivity index (χ0v) is 15.4. The molecular formula is C22H18N4O3. The van der Waals surface area contributed by atoms with Crippen molar-refractivity contribution in [1.29, 1.82) is 0 Å². The van der Waals surface area contributed by atoms with Crippen LogP contribution in [0.3, 0.4) is 0 Å².